The number of nitrogens with zero attached hydrogens (tertiary/aromatic N) is 4. The van der Waals surface area contributed by atoms with E-state index >= 15 is 0 Å². The van der Waals surface area contributed by atoms with E-state index in [-0.39, 0.29) is 5.91 Å². The van der Waals surface area contributed by atoms with Crippen LogP contribution in [0.2, 0.25) is 0 Å². The van der Waals surface area contributed by atoms with Gasteiger partial charge in [-0.05, 0) is 37.1 Å². The molecule has 3 rings (SSSR count). The van der Waals surface area contributed by atoms with Crippen molar-refractivity contribution in [3.8, 4) is 6.07 Å². The summed E-state index contributed by atoms with van der Waals surface area (Å²) < 4.78 is 0. The smallest absolute Gasteiger partial charge is 0.272 e. The first-order chi connectivity index (χ1) is 10.8. The van der Waals surface area contributed by atoms with Crippen molar-refractivity contribution in [1.29, 1.82) is 5.26 Å². The monoisotopic (exact) mass is 293 g/mol. The molecule has 1 aliphatic heterocycles. The fourth-order valence-corrected chi connectivity index (χ4v) is 2.42. The van der Waals surface area contributed by atoms with Gasteiger partial charge in [-0.15, -0.1) is 0 Å². The molecule has 0 saturated carbocycles. The average molecular weight is 293 g/mol. The fraction of sp³-hybridized carbons (Fsp3) is 0.250. The van der Waals surface area contributed by atoms with Gasteiger partial charge in [0.05, 0.1) is 11.6 Å². The van der Waals surface area contributed by atoms with Crippen molar-refractivity contribution in [2.75, 3.05) is 18.4 Å². The first-order valence-corrected chi connectivity index (χ1v) is 7.16. The minimum absolute atomic E-state index is 0.0614. The highest BCUT2D eigenvalue weighted by atomic mass is 16.2. The van der Waals surface area contributed by atoms with Crippen LogP contribution in [0.4, 0.5) is 11.6 Å². The number of nitrogens with one attached hydrogen (secondary N) is 1. The molecule has 6 nitrogen and oxygen atoms in total. The largest absolute Gasteiger partial charge is 0.337 e. The third-order valence-electron chi connectivity index (χ3n) is 3.52. The van der Waals surface area contributed by atoms with E-state index in [0.29, 0.717) is 22.9 Å². The molecule has 1 fully saturated rings. The summed E-state index contributed by atoms with van der Waals surface area (Å²) in [6, 6.07) is 10.7. The highest BCUT2D eigenvalue weighted by Gasteiger charge is 2.20. The molecule has 2 heterocycles. The number of carbonyl (C=O) groups excluding carboxylic acids is 1. The van der Waals surface area contributed by atoms with Gasteiger partial charge in [-0.3, -0.25) is 4.79 Å². The van der Waals surface area contributed by atoms with E-state index in [1.807, 2.05) is 11.0 Å². The van der Waals surface area contributed by atoms with Crippen LogP contribution in [0.5, 0.6) is 0 Å². The minimum Gasteiger partial charge on any atom is -0.337 e. The topological polar surface area (TPSA) is 81.9 Å². The lowest BCUT2D eigenvalue weighted by Gasteiger charge is -2.14. The Bertz CT molecular complexity index is 731. The van der Waals surface area contributed by atoms with Gasteiger partial charge in [0.15, 0.2) is 0 Å². The van der Waals surface area contributed by atoms with E-state index in [1.165, 1.54) is 0 Å². The second-order valence-electron chi connectivity index (χ2n) is 5.08. The second-order valence-corrected chi connectivity index (χ2v) is 5.08. The maximum Gasteiger partial charge on any atom is 0.272 e. The molecule has 2 aromatic rings. The molecule has 1 N–H and O–H groups in total. The first kappa shape index (κ1) is 14.0. The minimum atomic E-state index is -0.0614. The molecule has 0 bridgehead atoms. The molecular weight excluding hydrogens is 278 g/mol. The molecule has 0 atom stereocenters. The Morgan fingerprint density at radius 3 is 2.86 bits per heavy atom. The van der Waals surface area contributed by atoms with Crippen LogP contribution >= 0.6 is 0 Å². The summed E-state index contributed by atoms with van der Waals surface area (Å²) in [5.74, 6) is 0.286. The number of benzene rings is 1. The Labute approximate surface area is 128 Å². The second kappa shape index (κ2) is 6.22. The number of nitriles is 1. The van der Waals surface area contributed by atoms with Gasteiger partial charge < -0.3 is 10.2 Å². The number of rotatable bonds is 3. The van der Waals surface area contributed by atoms with Gasteiger partial charge in [0.2, 0.25) is 5.95 Å². The summed E-state index contributed by atoms with van der Waals surface area (Å²) in [4.78, 5) is 22.5. The number of carbonyl (C=O) groups is 1. The summed E-state index contributed by atoms with van der Waals surface area (Å²) in [6.45, 7) is 1.58. The highest BCUT2D eigenvalue weighted by molar-refractivity contribution is 5.92. The van der Waals surface area contributed by atoms with Crippen molar-refractivity contribution in [2.24, 2.45) is 0 Å². The Kier molecular flexibility index (Phi) is 3.97. The maximum atomic E-state index is 12.3. The number of amides is 1. The van der Waals surface area contributed by atoms with Crippen LogP contribution < -0.4 is 5.32 Å². The number of likely N-dealkylation sites (tertiary alicyclic amines) is 1. The van der Waals surface area contributed by atoms with E-state index in [0.717, 1.165) is 25.9 Å². The molecule has 1 aromatic heterocycles. The van der Waals surface area contributed by atoms with E-state index in [9.17, 15) is 4.79 Å². The van der Waals surface area contributed by atoms with Gasteiger partial charge in [0, 0.05) is 25.0 Å². The Morgan fingerprint density at radius 1 is 1.27 bits per heavy atom. The molecule has 1 aliphatic rings. The van der Waals surface area contributed by atoms with Gasteiger partial charge in [-0.25, -0.2) is 9.97 Å². The normalized spacial score (nSPS) is 13.7. The lowest BCUT2D eigenvalue weighted by atomic mass is 10.2. The van der Waals surface area contributed by atoms with Gasteiger partial charge in [0.1, 0.15) is 5.69 Å². The summed E-state index contributed by atoms with van der Waals surface area (Å²) in [6.07, 6.45) is 3.65. The van der Waals surface area contributed by atoms with Crippen molar-refractivity contribution < 1.29 is 4.79 Å². The van der Waals surface area contributed by atoms with E-state index in [1.54, 1.807) is 30.5 Å². The highest BCUT2D eigenvalue weighted by Crippen LogP contribution is 2.16. The zero-order valence-corrected chi connectivity index (χ0v) is 12.0. The van der Waals surface area contributed by atoms with Gasteiger partial charge in [0.25, 0.3) is 5.91 Å². The van der Waals surface area contributed by atoms with Crippen LogP contribution in [0.15, 0.2) is 36.5 Å². The zero-order chi connectivity index (χ0) is 15.4. The molecule has 0 aliphatic carbocycles. The van der Waals surface area contributed by atoms with Crippen LogP contribution in [-0.2, 0) is 0 Å². The number of anilines is 2. The van der Waals surface area contributed by atoms with Crippen molar-refractivity contribution >= 4 is 17.5 Å². The molecular formula is C16H15N5O. The van der Waals surface area contributed by atoms with Crippen molar-refractivity contribution in [2.45, 2.75) is 12.8 Å². The van der Waals surface area contributed by atoms with Crippen LogP contribution in [0, 0.1) is 11.3 Å². The zero-order valence-electron chi connectivity index (χ0n) is 12.0. The van der Waals surface area contributed by atoms with Crippen LogP contribution in [0.25, 0.3) is 0 Å². The molecule has 0 radical (unpaired) electrons. The molecule has 0 unspecified atom stereocenters. The van der Waals surface area contributed by atoms with Crippen LogP contribution in [0.1, 0.15) is 28.9 Å². The summed E-state index contributed by atoms with van der Waals surface area (Å²) in [7, 11) is 0. The Hall–Kier alpha value is -2.94. The van der Waals surface area contributed by atoms with Crippen LogP contribution in [0.3, 0.4) is 0 Å². The summed E-state index contributed by atoms with van der Waals surface area (Å²) >= 11 is 0. The molecule has 1 aromatic carbocycles. The number of hydrogen-bond acceptors (Lipinski definition) is 5. The fourth-order valence-electron chi connectivity index (χ4n) is 2.42. The van der Waals surface area contributed by atoms with E-state index in [4.69, 9.17) is 5.26 Å². The molecule has 22 heavy (non-hydrogen) atoms. The quantitative estimate of drug-likeness (QED) is 0.939. The Balaban J connectivity index is 1.78. The summed E-state index contributed by atoms with van der Waals surface area (Å²) in [5, 5.41) is 11.9. The van der Waals surface area contributed by atoms with Crippen molar-refractivity contribution in [3.05, 3.63) is 47.8 Å². The Morgan fingerprint density at radius 2 is 2.09 bits per heavy atom. The third kappa shape index (κ3) is 3.04. The molecule has 0 spiro atoms. The number of hydrogen-bond donors (Lipinski definition) is 1. The lowest BCUT2D eigenvalue weighted by molar-refractivity contribution is 0.0787. The maximum absolute atomic E-state index is 12.3. The van der Waals surface area contributed by atoms with Gasteiger partial charge in [-0.2, -0.15) is 5.26 Å². The standard InChI is InChI=1S/C16H15N5O/c17-11-12-4-3-5-13(10-12)19-16-18-7-6-14(20-16)15(22)21-8-1-2-9-21/h3-7,10H,1-2,8-9H2,(H,18,19,20). The van der Waals surface area contributed by atoms with Gasteiger partial charge >= 0.3 is 0 Å². The van der Waals surface area contributed by atoms with Crippen LogP contribution in [-0.4, -0.2) is 33.9 Å². The molecule has 1 saturated heterocycles. The number of aromatic nitrogens is 2. The average Bonchev–Trinajstić information content (AvgIpc) is 3.09. The molecule has 6 heteroatoms. The van der Waals surface area contributed by atoms with Crippen molar-refractivity contribution in [1.82, 2.24) is 14.9 Å². The van der Waals surface area contributed by atoms with E-state index in [2.05, 4.69) is 21.4 Å². The predicted octanol–water partition coefficient (Wildman–Crippen LogP) is 2.33. The SMILES string of the molecule is N#Cc1cccc(Nc2nccc(C(=O)N3CCCC3)n2)c1. The summed E-state index contributed by atoms with van der Waals surface area (Å²) in [5.41, 5.74) is 1.65. The molecule has 110 valence electrons. The third-order valence-corrected chi connectivity index (χ3v) is 3.52. The molecule has 1 amide bonds. The first-order valence-electron chi connectivity index (χ1n) is 7.16. The van der Waals surface area contributed by atoms with Crippen molar-refractivity contribution in [3.63, 3.8) is 0 Å². The van der Waals surface area contributed by atoms with E-state index < -0.39 is 0 Å². The lowest BCUT2D eigenvalue weighted by Crippen LogP contribution is -2.28. The van der Waals surface area contributed by atoms with Gasteiger partial charge in [-0.1, -0.05) is 6.07 Å². The predicted molar refractivity (Wildman–Crippen MR) is 81.6 cm³/mol.